The van der Waals surface area contributed by atoms with Gasteiger partial charge in [0, 0.05) is 5.56 Å². The molecule has 0 bridgehead atoms. The van der Waals surface area contributed by atoms with E-state index >= 15 is 0 Å². The molecule has 40 heavy (non-hydrogen) atoms. The van der Waals surface area contributed by atoms with Crippen molar-refractivity contribution >= 4 is 31.6 Å². The predicted octanol–water partition coefficient (Wildman–Crippen LogP) is 0.713. The molecule has 0 aliphatic carbocycles. The van der Waals surface area contributed by atoms with Crippen LogP contribution in [-0.4, -0.2) is 31.0 Å². The summed E-state index contributed by atoms with van der Waals surface area (Å²) in [5, 5.41) is 17.8. The molecule has 0 heterocycles. The van der Waals surface area contributed by atoms with E-state index in [0.717, 1.165) is 30.3 Å². The molecule has 0 amide bonds. The summed E-state index contributed by atoms with van der Waals surface area (Å²) in [6.45, 7) is 0. The van der Waals surface area contributed by atoms with Crippen molar-refractivity contribution in [1.82, 2.24) is 0 Å². The first-order valence-corrected chi connectivity index (χ1v) is 14.1. The monoisotopic (exact) mass is 584 g/mol. The molecule has 4 aromatic rings. The molecule has 0 aliphatic heterocycles. The quantitative estimate of drug-likeness (QED) is 0.144. The standard InChI is InChI=1S/C25H20N4O9S2/c30-23(15-4-2-1-3-5-15)20-14-21(28-26-16-6-10-18(11-7-16)39(33,34)35)25(32)22(24(20)31)29-27-17-8-12-19(13-9-17)40(36,37)38/h1-14,23,26-27,30H,(H,33,34,35)(H,36,37,38)/b28-21-,29-22+. The third kappa shape index (κ3) is 6.53. The maximum absolute atomic E-state index is 13.2. The van der Waals surface area contributed by atoms with E-state index in [1.165, 1.54) is 24.3 Å². The Morgan fingerprint density at radius 2 is 1.12 bits per heavy atom. The minimum Gasteiger partial charge on any atom is -0.384 e. The maximum Gasteiger partial charge on any atom is 0.294 e. The zero-order valence-corrected chi connectivity index (χ0v) is 21.8. The highest BCUT2D eigenvalue weighted by Crippen LogP contribution is 2.17. The third-order valence-corrected chi connectivity index (χ3v) is 7.27. The fraction of sp³-hybridized carbons (Fsp3) is 0.0400. The van der Waals surface area contributed by atoms with Crippen molar-refractivity contribution in [3.05, 3.63) is 127 Å². The molecule has 15 heteroatoms. The van der Waals surface area contributed by atoms with E-state index in [4.69, 9.17) is 9.11 Å². The van der Waals surface area contributed by atoms with Crippen LogP contribution in [0.2, 0.25) is 0 Å². The number of rotatable bonds is 8. The van der Waals surface area contributed by atoms with E-state index in [-0.39, 0.29) is 32.1 Å². The number of anilines is 2. The first-order valence-electron chi connectivity index (χ1n) is 11.2. The first-order chi connectivity index (χ1) is 18.8. The van der Waals surface area contributed by atoms with Crippen molar-refractivity contribution in [3.63, 3.8) is 0 Å². The highest BCUT2D eigenvalue weighted by Gasteiger charge is 2.18. The van der Waals surface area contributed by atoms with Crippen molar-refractivity contribution in [2.24, 2.45) is 10.2 Å². The van der Waals surface area contributed by atoms with Crippen LogP contribution in [0.1, 0.15) is 17.2 Å². The summed E-state index contributed by atoms with van der Waals surface area (Å²) >= 11 is 0. The van der Waals surface area contributed by atoms with Gasteiger partial charge in [0.05, 0.1) is 21.2 Å². The van der Waals surface area contributed by atoms with Crippen molar-refractivity contribution in [2.45, 2.75) is 15.9 Å². The van der Waals surface area contributed by atoms with Crippen LogP contribution in [0.15, 0.2) is 115 Å². The van der Waals surface area contributed by atoms with Gasteiger partial charge in [-0.3, -0.25) is 29.5 Å². The molecule has 4 rings (SSSR count). The first kappa shape index (κ1) is 28.5. The maximum atomic E-state index is 13.2. The number of aliphatic hydroxyl groups excluding tert-OH is 1. The van der Waals surface area contributed by atoms with Crippen LogP contribution in [0.4, 0.5) is 11.4 Å². The second-order valence-corrected chi connectivity index (χ2v) is 11.1. The summed E-state index contributed by atoms with van der Waals surface area (Å²) in [7, 11) is -8.85. The molecule has 1 unspecified atom stereocenters. The summed E-state index contributed by atoms with van der Waals surface area (Å²) in [5.41, 5.74) is 3.77. The second-order valence-electron chi connectivity index (χ2n) is 8.25. The number of aliphatic hydroxyl groups is 1. The number of nitrogens with zero attached hydrogens (tertiary/aromatic N) is 2. The molecule has 5 N–H and O–H groups in total. The molecule has 0 fully saturated rings. The zero-order chi connectivity index (χ0) is 29.1. The van der Waals surface area contributed by atoms with Gasteiger partial charge in [0.1, 0.15) is 11.5 Å². The zero-order valence-electron chi connectivity index (χ0n) is 20.2. The Morgan fingerprint density at radius 1 is 0.650 bits per heavy atom. The lowest BCUT2D eigenvalue weighted by atomic mass is 10.0. The predicted molar refractivity (Wildman–Crippen MR) is 143 cm³/mol. The molecule has 1 atom stereocenters. The van der Waals surface area contributed by atoms with Gasteiger partial charge in [0.15, 0.2) is 5.36 Å². The molecule has 0 saturated heterocycles. The average Bonchev–Trinajstić information content (AvgIpc) is 2.92. The van der Waals surface area contributed by atoms with Gasteiger partial charge in [-0.05, 0) is 60.2 Å². The van der Waals surface area contributed by atoms with Crippen molar-refractivity contribution in [3.8, 4) is 0 Å². The Labute approximate surface area is 226 Å². The second kappa shape index (κ2) is 11.3. The van der Waals surface area contributed by atoms with E-state index in [1.807, 2.05) is 0 Å². The lowest BCUT2D eigenvalue weighted by Crippen LogP contribution is -2.50. The summed E-state index contributed by atoms with van der Waals surface area (Å²) in [6, 6.07) is 18.7. The van der Waals surface area contributed by atoms with Gasteiger partial charge < -0.3 is 5.11 Å². The topological polar surface area (TPSA) is 212 Å². The number of hydrogen-bond donors (Lipinski definition) is 5. The minimum absolute atomic E-state index is 0.177. The van der Waals surface area contributed by atoms with Gasteiger partial charge >= 0.3 is 0 Å². The number of nitrogens with one attached hydrogen (secondary N) is 2. The Balaban J connectivity index is 1.80. The molecule has 206 valence electrons. The summed E-state index contributed by atoms with van der Waals surface area (Å²) in [5.74, 6) is 0. The smallest absolute Gasteiger partial charge is 0.294 e. The van der Waals surface area contributed by atoms with E-state index in [0.29, 0.717) is 5.56 Å². The van der Waals surface area contributed by atoms with Crippen LogP contribution in [-0.2, 0) is 20.2 Å². The van der Waals surface area contributed by atoms with E-state index in [1.54, 1.807) is 30.3 Å². The molecule has 0 aromatic heterocycles. The van der Waals surface area contributed by atoms with Crippen LogP contribution in [0.25, 0.3) is 0 Å². The van der Waals surface area contributed by atoms with E-state index in [9.17, 15) is 31.5 Å². The highest BCUT2D eigenvalue weighted by molar-refractivity contribution is 7.86. The van der Waals surface area contributed by atoms with Gasteiger partial charge in [-0.2, -0.15) is 27.0 Å². The van der Waals surface area contributed by atoms with Crippen LogP contribution >= 0.6 is 0 Å². The lowest BCUT2D eigenvalue weighted by molar-refractivity contribution is 0.219. The summed E-state index contributed by atoms with van der Waals surface area (Å²) in [6.07, 6.45) is -1.44. The van der Waals surface area contributed by atoms with Gasteiger partial charge in [-0.15, -0.1) is 0 Å². The van der Waals surface area contributed by atoms with Gasteiger partial charge in [-0.25, -0.2) is 0 Å². The van der Waals surface area contributed by atoms with Crippen molar-refractivity contribution < 1.29 is 31.0 Å². The van der Waals surface area contributed by atoms with Gasteiger partial charge in [0.25, 0.3) is 20.2 Å². The fourth-order valence-electron chi connectivity index (χ4n) is 3.49. The largest absolute Gasteiger partial charge is 0.384 e. The molecule has 4 aromatic carbocycles. The fourth-order valence-corrected chi connectivity index (χ4v) is 4.45. The molecule has 0 spiro atoms. The lowest BCUT2D eigenvalue weighted by Gasteiger charge is -2.10. The van der Waals surface area contributed by atoms with Gasteiger partial charge in [0.2, 0.25) is 10.9 Å². The Morgan fingerprint density at radius 3 is 1.60 bits per heavy atom. The van der Waals surface area contributed by atoms with Gasteiger partial charge in [-0.1, -0.05) is 30.3 Å². The SMILES string of the molecule is O=c1c(C(O)c2ccccc2)c/c(=N/Nc2ccc(S(=O)(=O)O)cc2)c(=O)/c1=N/Nc1ccc(S(=O)(=O)O)cc1. The van der Waals surface area contributed by atoms with Crippen LogP contribution in [0.5, 0.6) is 0 Å². The van der Waals surface area contributed by atoms with Crippen LogP contribution < -0.4 is 32.4 Å². The molecule has 0 saturated carbocycles. The van der Waals surface area contributed by atoms with E-state index in [2.05, 4.69) is 21.1 Å². The van der Waals surface area contributed by atoms with E-state index < -0.39 is 42.6 Å². The number of hydrogen-bond acceptors (Lipinski definition) is 11. The molecular weight excluding hydrogens is 564 g/mol. The molecular formula is C25H20N4O9S2. The Kier molecular flexibility index (Phi) is 8.03. The summed E-state index contributed by atoms with van der Waals surface area (Å²) < 4.78 is 63.2. The Bertz CT molecular complexity index is 1990. The van der Waals surface area contributed by atoms with Crippen LogP contribution in [0.3, 0.4) is 0 Å². The molecule has 13 nitrogen and oxygen atoms in total. The van der Waals surface area contributed by atoms with Crippen molar-refractivity contribution in [2.75, 3.05) is 10.9 Å². The van der Waals surface area contributed by atoms with Crippen LogP contribution in [0, 0.1) is 0 Å². The molecule has 0 radical (unpaired) electrons. The minimum atomic E-state index is -4.43. The average molecular weight is 585 g/mol. The highest BCUT2D eigenvalue weighted by atomic mass is 32.2. The van der Waals surface area contributed by atoms with Crippen molar-refractivity contribution in [1.29, 1.82) is 0 Å². The molecule has 0 aliphatic rings. The Hall–Kier alpha value is -4.54. The summed E-state index contributed by atoms with van der Waals surface area (Å²) in [4.78, 5) is 25.6. The normalized spacial score (nSPS) is 13.7. The third-order valence-electron chi connectivity index (χ3n) is 5.53. The number of benzene rings is 4.